The monoisotopic (exact) mass is 443 g/mol. The molecule has 5 aromatic rings. The number of benzene rings is 1. The molecule has 4 heterocycles. The molecule has 4 aromatic heterocycles. The van der Waals surface area contributed by atoms with Gasteiger partial charge in [-0.1, -0.05) is 36.9 Å². The van der Waals surface area contributed by atoms with E-state index in [2.05, 4.69) is 38.6 Å². The molecule has 0 bridgehead atoms. The molecular weight excluding hydrogens is 422 g/mol. The number of hydrogen-bond acceptors (Lipinski definition) is 7. The molecule has 1 N–H and O–H groups in total. The highest BCUT2D eigenvalue weighted by Gasteiger charge is 2.12. The van der Waals surface area contributed by atoms with E-state index < -0.39 is 0 Å². The molecule has 0 aliphatic carbocycles. The van der Waals surface area contributed by atoms with Crippen LogP contribution in [0.2, 0.25) is 0 Å². The molecule has 0 saturated heterocycles. The zero-order chi connectivity index (χ0) is 23.6. The van der Waals surface area contributed by atoms with Gasteiger partial charge in [0.2, 0.25) is 0 Å². The third-order valence-electron chi connectivity index (χ3n) is 4.75. The molecule has 5 rings (SSSR count). The van der Waals surface area contributed by atoms with Crippen LogP contribution in [-0.4, -0.2) is 36.1 Å². The van der Waals surface area contributed by atoms with Crippen molar-refractivity contribution in [3.05, 3.63) is 110 Å². The lowest BCUT2D eigenvalue weighted by atomic mass is 10.0. The zero-order valence-electron chi connectivity index (χ0n) is 18.3. The second-order valence-electron chi connectivity index (χ2n) is 7.01. The first kappa shape index (κ1) is 22.3. The molecule has 0 atom stereocenters. The largest absolute Gasteiger partial charge is 0.309 e. The van der Waals surface area contributed by atoms with Gasteiger partial charge in [-0.2, -0.15) is 0 Å². The normalized spacial score (nSPS) is 10.0. The highest BCUT2D eigenvalue weighted by atomic mass is 15.0. The first-order chi connectivity index (χ1) is 16.8. The minimum absolute atomic E-state index is 0.574. The summed E-state index contributed by atoms with van der Waals surface area (Å²) in [5, 5.41) is 6.21. The summed E-state index contributed by atoms with van der Waals surface area (Å²) >= 11 is 0. The number of nitrogens with one attached hydrogen (secondary N) is 1. The van der Waals surface area contributed by atoms with Crippen molar-refractivity contribution in [2.45, 2.75) is 0 Å². The molecule has 7 heteroatoms. The Bertz CT molecular complexity index is 1290. The molecular formula is C27H21N7. The Kier molecular flexibility index (Phi) is 7.28. The molecule has 0 unspecified atom stereocenters. The average molecular weight is 444 g/mol. The Labute approximate surface area is 197 Å². The van der Waals surface area contributed by atoms with Crippen molar-refractivity contribution in [2.75, 3.05) is 0 Å². The maximum absolute atomic E-state index is 6.21. The quantitative estimate of drug-likeness (QED) is 0.358. The smallest absolute Gasteiger partial charge is 0.165 e. The van der Waals surface area contributed by atoms with Gasteiger partial charge in [-0.25, -0.2) is 15.0 Å². The van der Waals surface area contributed by atoms with Crippen molar-refractivity contribution in [3.8, 4) is 45.3 Å². The fraction of sp³-hybridized carbons (Fsp3) is 0. The summed E-state index contributed by atoms with van der Waals surface area (Å²) in [6.45, 7) is 3.24. The molecule has 34 heavy (non-hydrogen) atoms. The van der Waals surface area contributed by atoms with E-state index in [1.807, 2.05) is 48.5 Å². The predicted molar refractivity (Wildman–Crippen MR) is 134 cm³/mol. The Balaban J connectivity index is 0.000000636. The van der Waals surface area contributed by atoms with Crippen molar-refractivity contribution in [1.82, 2.24) is 29.9 Å². The fourth-order valence-electron chi connectivity index (χ4n) is 3.11. The molecule has 0 spiro atoms. The van der Waals surface area contributed by atoms with E-state index in [0.717, 1.165) is 34.0 Å². The summed E-state index contributed by atoms with van der Waals surface area (Å²) in [5.41, 5.74) is 4.79. The molecule has 0 fully saturated rings. The van der Waals surface area contributed by atoms with Gasteiger partial charge in [0.05, 0.1) is 0 Å². The number of aromatic nitrogens is 6. The van der Waals surface area contributed by atoms with Crippen molar-refractivity contribution in [1.29, 1.82) is 5.41 Å². The number of pyridine rings is 3. The van der Waals surface area contributed by atoms with Gasteiger partial charge >= 0.3 is 0 Å². The summed E-state index contributed by atoms with van der Waals surface area (Å²) in [6.07, 6.45) is 13.1. The Morgan fingerprint density at radius 1 is 0.529 bits per heavy atom. The van der Waals surface area contributed by atoms with E-state index in [0.29, 0.717) is 17.5 Å². The lowest BCUT2D eigenvalue weighted by Crippen LogP contribution is -2.00. The second-order valence-corrected chi connectivity index (χ2v) is 7.01. The lowest BCUT2D eigenvalue weighted by molar-refractivity contribution is 1.07. The predicted octanol–water partition coefficient (Wildman–Crippen LogP) is 5.55. The van der Waals surface area contributed by atoms with Crippen molar-refractivity contribution in [3.63, 3.8) is 0 Å². The van der Waals surface area contributed by atoms with Crippen molar-refractivity contribution >= 4 is 6.21 Å². The van der Waals surface area contributed by atoms with Gasteiger partial charge in [-0.05, 0) is 47.5 Å². The lowest BCUT2D eigenvalue weighted by Gasteiger charge is -2.08. The third-order valence-corrected chi connectivity index (χ3v) is 4.75. The van der Waals surface area contributed by atoms with Crippen LogP contribution in [0.3, 0.4) is 0 Å². The molecule has 0 aliphatic heterocycles. The number of hydrogen-bond donors (Lipinski definition) is 1. The summed E-state index contributed by atoms with van der Waals surface area (Å²) < 4.78 is 0. The Morgan fingerprint density at radius 3 is 1.41 bits per heavy atom. The summed E-state index contributed by atoms with van der Waals surface area (Å²) in [5.74, 6) is 1.75. The van der Waals surface area contributed by atoms with E-state index in [-0.39, 0.29) is 0 Å². The van der Waals surface area contributed by atoms with Gasteiger partial charge in [0, 0.05) is 60.1 Å². The van der Waals surface area contributed by atoms with Crippen molar-refractivity contribution < 1.29 is 0 Å². The van der Waals surface area contributed by atoms with Crippen LogP contribution in [0, 0.1) is 5.41 Å². The van der Waals surface area contributed by atoms with Crippen LogP contribution in [0.15, 0.2) is 110 Å². The van der Waals surface area contributed by atoms with Gasteiger partial charge < -0.3 is 5.41 Å². The van der Waals surface area contributed by atoms with Gasteiger partial charge in [-0.15, -0.1) is 0 Å². The standard InChI is InChI=1S/C24H16N6.C3H5N/c1-3-20(15-26-11-1)23-28-22(29-24(30-23)21-4-2-12-27-16-21)19-7-5-17(6-8-19)18-9-13-25-14-10-18;1-2-3-4/h1-16H;2-4H,1H2. The number of nitrogens with zero attached hydrogens (tertiary/aromatic N) is 6. The maximum atomic E-state index is 6.21. The molecule has 1 aromatic carbocycles. The van der Waals surface area contributed by atoms with E-state index in [4.69, 9.17) is 15.4 Å². The number of rotatable bonds is 5. The van der Waals surface area contributed by atoms with Crippen molar-refractivity contribution in [2.24, 2.45) is 0 Å². The second kappa shape index (κ2) is 11.1. The fourth-order valence-corrected chi connectivity index (χ4v) is 3.11. The summed E-state index contributed by atoms with van der Waals surface area (Å²) in [7, 11) is 0. The highest BCUT2D eigenvalue weighted by Crippen LogP contribution is 2.26. The first-order valence-electron chi connectivity index (χ1n) is 10.5. The van der Waals surface area contributed by atoms with E-state index in [1.165, 1.54) is 6.08 Å². The molecule has 0 radical (unpaired) electrons. The van der Waals surface area contributed by atoms with Crippen LogP contribution in [0.25, 0.3) is 45.3 Å². The van der Waals surface area contributed by atoms with Crippen LogP contribution < -0.4 is 0 Å². The van der Waals surface area contributed by atoms with Crippen LogP contribution in [-0.2, 0) is 0 Å². The molecule has 0 saturated carbocycles. The van der Waals surface area contributed by atoms with Gasteiger partial charge in [-0.3, -0.25) is 15.0 Å². The first-order valence-corrected chi connectivity index (χ1v) is 10.5. The van der Waals surface area contributed by atoms with Gasteiger partial charge in [0.15, 0.2) is 17.5 Å². The molecule has 7 nitrogen and oxygen atoms in total. The van der Waals surface area contributed by atoms with Crippen LogP contribution >= 0.6 is 0 Å². The van der Waals surface area contributed by atoms with Gasteiger partial charge in [0.25, 0.3) is 0 Å². The molecule has 0 aliphatic rings. The number of allylic oxidation sites excluding steroid dienone is 1. The minimum Gasteiger partial charge on any atom is -0.309 e. The van der Waals surface area contributed by atoms with Crippen LogP contribution in [0.4, 0.5) is 0 Å². The van der Waals surface area contributed by atoms with E-state index in [1.54, 1.807) is 37.2 Å². The van der Waals surface area contributed by atoms with Crippen LogP contribution in [0.5, 0.6) is 0 Å². The summed E-state index contributed by atoms with van der Waals surface area (Å²) in [6, 6.07) is 19.7. The maximum Gasteiger partial charge on any atom is 0.165 e. The molecule has 0 amide bonds. The topological polar surface area (TPSA) is 101 Å². The minimum atomic E-state index is 0.574. The van der Waals surface area contributed by atoms with E-state index in [9.17, 15) is 0 Å². The Hall–Kier alpha value is -4.91. The van der Waals surface area contributed by atoms with Gasteiger partial charge in [0.1, 0.15) is 0 Å². The zero-order valence-corrected chi connectivity index (χ0v) is 18.3. The van der Waals surface area contributed by atoms with Crippen LogP contribution in [0.1, 0.15) is 0 Å². The Morgan fingerprint density at radius 2 is 0.971 bits per heavy atom. The third kappa shape index (κ3) is 5.46. The highest BCUT2D eigenvalue weighted by molar-refractivity contribution is 5.70. The average Bonchev–Trinajstić information content (AvgIpc) is 2.94. The van der Waals surface area contributed by atoms with E-state index >= 15 is 0 Å². The SMILES string of the molecule is C=CC=N.c1cncc(-c2nc(-c3ccc(-c4ccncc4)cc3)nc(-c3cccnc3)n2)c1. The summed E-state index contributed by atoms with van der Waals surface area (Å²) in [4.78, 5) is 26.5. The molecule has 164 valence electrons.